The molecule has 0 fully saturated rings. The monoisotopic (exact) mass is 312 g/mol. The van der Waals surface area contributed by atoms with Crippen molar-refractivity contribution in [2.75, 3.05) is 5.32 Å². The topological polar surface area (TPSA) is 107 Å². The first-order chi connectivity index (χ1) is 10.8. The van der Waals surface area contributed by atoms with Gasteiger partial charge in [-0.15, -0.1) is 11.3 Å². The number of nitrogens with one attached hydrogen (secondary N) is 3. The number of thiazole rings is 1. The molecule has 2 heterocycles. The lowest BCUT2D eigenvalue weighted by molar-refractivity contribution is 0.234. The molecule has 0 spiro atoms. The third-order valence-corrected chi connectivity index (χ3v) is 3.70. The third-order valence-electron chi connectivity index (χ3n) is 2.87. The largest absolute Gasteiger partial charge is 0.338 e. The molecular weight excluding hydrogens is 300 g/mol. The summed E-state index contributed by atoms with van der Waals surface area (Å²) in [5.74, 6) is 0.158. The van der Waals surface area contributed by atoms with Crippen molar-refractivity contribution in [1.29, 1.82) is 5.41 Å². The molecule has 2 aromatic heterocycles. The first-order valence-corrected chi connectivity index (χ1v) is 7.23. The van der Waals surface area contributed by atoms with Crippen molar-refractivity contribution in [3.8, 4) is 10.6 Å². The second kappa shape index (κ2) is 6.29. The minimum absolute atomic E-state index is 0.227. The van der Waals surface area contributed by atoms with Gasteiger partial charge in [-0.3, -0.25) is 16.1 Å². The van der Waals surface area contributed by atoms with Crippen LogP contribution in [0.2, 0.25) is 0 Å². The van der Waals surface area contributed by atoms with Crippen LogP contribution in [-0.2, 0) is 0 Å². The smallest absolute Gasteiger partial charge is 0.172 e. The van der Waals surface area contributed by atoms with Crippen LogP contribution < -0.4 is 10.8 Å². The number of rotatable bonds is 4. The lowest BCUT2D eigenvalue weighted by Crippen LogP contribution is -2.21. The Morgan fingerprint density at radius 2 is 1.82 bits per heavy atom. The summed E-state index contributed by atoms with van der Waals surface area (Å²) in [6.07, 6.45) is 4.74. The highest BCUT2D eigenvalue weighted by atomic mass is 32.1. The fraction of sp³-hybridized carbons (Fsp3) is 0. The number of nitrogens with zero attached hydrogens (tertiary/aromatic N) is 3. The lowest BCUT2D eigenvalue weighted by atomic mass is 10.2. The van der Waals surface area contributed by atoms with E-state index in [2.05, 4.69) is 20.3 Å². The van der Waals surface area contributed by atoms with E-state index >= 15 is 0 Å². The van der Waals surface area contributed by atoms with Crippen LogP contribution in [0.4, 0.5) is 11.5 Å². The van der Waals surface area contributed by atoms with E-state index in [-0.39, 0.29) is 11.5 Å². The van der Waals surface area contributed by atoms with E-state index in [0.717, 1.165) is 16.3 Å². The van der Waals surface area contributed by atoms with Gasteiger partial charge in [-0.25, -0.2) is 15.0 Å². The van der Waals surface area contributed by atoms with Crippen LogP contribution in [0.5, 0.6) is 0 Å². The molecule has 7 nitrogen and oxygen atoms in total. The molecule has 0 aliphatic heterocycles. The van der Waals surface area contributed by atoms with E-state index in [0.29, 0.717) is 5.82 Å². The number of hydrogen-bond acceptors (Lipinski definition) is 7. The fourth-order valence-corrected chi connectivity index (χ4v) is 2.51. The van der Waals surface area contributed by atoms with Gasteiger partial charge in [-0.1, -0.05) is 0 Å². The number of benzene rings is 1. The van der Waals surface area contributed by atoms with Crippen LogP contribution in [0.1, 0.15) is 5.69 Å². The SMILES string of the molecule is N=C(NO)c1nccnc1Nc1ccc(-c2nccs2)cc1. The molecule has 3 rings (SSSR count). The Morgan fingerprint density at radius 3 is 2.50 bits per heavy atom. The van der Waals surface area contributed by atoms with Gasteiger partial charge in [0.25, 0.3) is 0 Å². The molecule has 110 valence electrons. The summed E-state index contributed by atoms with van der Waals surface area (Å²) in [6, 6.07) is 7.69. The standard InChI is InChI=1S/C14H12N6OS/c15-12(20-21)11-13(17-6-5-16-11)19-10-3-1-9(2-4-10)14-18-7-8-22-14/h1-8,21H,(H2,15,20)(H,17,19). The average molecular weight is 312 g/mol. The zero-order chi connectivity index (χ0) is 15.4. The molecule has 4 N–H and O–H groups in total. The number of aromatic nitrogens is 3. The summed E-state index contributed by atoms with van der Waals surface area (Å²) < 4.78 is 0. The molecule has 0 atom stereocenters. The van der Waals surface area contributed by atoms with Crippen LogP contribution in [0.15, 0.2) is 48.2 Å². The van der Waals surface area contributed by atoms with Gasteiger partial charge in [0.1, 0.15) is 10.7 Å². The molecule has 0 aliphatic rings. The highest BCUT2D eigenvalue weighted by Gasteiger charge is 2.10. The maximum Gasteiger partial charge on any atom is 0.172 e. The zero-order valence-corrected chi connectivity index (χ0v) is 12.1. The van der Waals surface area contributed by atoms with Gasteiger partial charge in [-0.2, -0.15) is 0 Å². The summed E-state index contributed by atoms with van der Waals surface area (Å²) in [7, 11) is 0. The van der Waals surface area contributed by atoms with Gasteiger partial charge < -0.3 is 5.32 Å². The van der Waals surface area contributed by atoms with E-state index in [9.17, 15) is 0 Å². The molecule has 0 amide bonds. The summed E-state index contributed by atoms with van der Waals surface area (Å²) in [5, 5.41) is 22.4. The summed E-state index contributed by atoms with van der Waals surface area (Å²) in [4.78, 5) is 12.4. The van der Waals surface area contributed by atoms with Crippen LogP contribution in [0, 0.1) is 5.41 Å². The highest BCUT2D eigenvalue weighted by Crippen LogP contribution is 2.24. The van der Waals surface area contributed by atoms with Gasteiger partial charge in [-0.05, 0) is 24.3 Å². The van der Waals surface area contributed by atoms with Crippen LogP contribution in [0.3, 0.4) is 0 Å². The second-order valence-electron chi connectivity index (χ2n) is 4.28. The second-order valence-corrected chi connectivity index (χ2v) is 5.17. The van der Waals surface area contributed by atoms with Crippen molar-refractivity contribution in [3.63, 3.8) is 0 Å². The predicted molar refractivity (Wildman–Crippen MR) is 84.6 cm³/mol. The predicted octanol–water partition coefficient (Wildman–Crippen LogP) is 2.65. The first-order valence-electron chi connectivity index (χ1n) is 6.35. The number of anilines is 2. The molecule has 0 radical (unpaired) electrons. The van der Waals surface area contributed by atoms with Gasteiger partial charge in [0.15, 0.2) is 11.7 Å². The van der Waals surface area contributed by atoms with E-state index in [1.807, 2.05) is 29.6 Å². The Balaban J connectivity index is 1.83. The normalized spacial score (nSPS) is 10.2. The Bertz CT molecular complexity index is 772. The van der Waals surface area contributed by atoms with Gasteiger partial charge in [0.05, 0.1) is 0 Å². The van der Waals surface area contributed by atoms with E-state index in [1.54, 1.807) is 23.0 Å². The number of hydroxylamine groups is 1. The minimum atomic E-state index is -0.227. The number of amidine groups is 1. The van der Waals surface area contributed by atoms with Crippen molar-refractivity contribution in [3.05, 3.63) is 53.9 Å². The van der Waals surface area contributed by atoms with Crippen molar-refractivity contribution >= 4 is 28.7 Å². The maximum atomic E-state index is 8.84. The Hall–Kier alpha value is -2.84. The summed E-state index contributed by atoms with van der Waals surface area (Å²) in [6.45, 7) is 0. The molecule has 8 heteroatoms. The average Bonchev–Trinajstić information content (AvgIpc) is 3.10. The van der Waals surface area contributed by atoms with Gasteiger partial charge >= 0.3 is 0 Å². The zero-order valence-electron chi connectivity index (χ0n) is 11.3. The Labute approximate surface area is 130 Å². The van der Waals surface area contributed by atoms with E-state index in [1.165, 1.54) is 12.4 Å². The quantitative estimate of drug-likeness (QED) is 0.335. The molecule has 0 unspecified atom stereocenters. The first kappa shape index (κ1) is 14.1. The molecule has 0 bridgehead atoms. The van der Waals surface area contributed by atoms with E-state index < -0.39 is 0 Å². The molecule has 3 aromatic rings. The van der Waals surface area contributed by atoms with Crippen LogP contribution in [-0.4, -0.2) is 26.0 Å². The van der Waals surface area contributed by atoms with Crippen molar-refractivity contribution < 1.29 is 5.21 Å². The summed E-state index contributed by atoms with van der Waals surface area (Å²) in [5.41, 5.74) is 3.83. The molecule has 0 saturated heterocycles. The van der Waals surface area contributed by atoms with Crippen LogP contribution >= 0.6 is 11.3 Å². The molecule has 0 aliphatic carbocycles. The van der Waals surface area contributed by atoms with Gasteiger partial charge in [0, 0.05) is 35.2 Å². The van der Waals surface area contributed by atoms with Crippen molar-refractivity contribution in [2.45, 2.75) is 0 Å². The lowest BCUT2D eigenvalue weighted by Gasteiger charge is -2.10. The summed E-state index contributed by atoms with van der Waals surface area (Å²) >= 11 is 1.58. The number of hydrogen-bond donors (Lipinski definition) is 4. The van der Waals surface area contributed by atoms with E-state index in [4.69, 9.17) is 10.6 Å². The maximum absolute atomic E-state index is 8.84. The Morgan fingerprint density at radius 1 is 1.05 bits per heavy atom. The molecular formula is C14H12N6OS. The highest BCUT2D eigenvalue weighted by molar-refractivity contribution is 7.13. The van der Waals surface area contributed by atoms with Crippen molar-refractivity contribution in [2.24, 2.45) is 0 Å². The third kappa shape index (κ3) is 2.92. The fourth-order valence-electron chi connectivity index (χ4n) is 1.86. The van der Waals surface area contributed by atoms with Gasteiger partial charge in [0.2, 0.25) is 0 Å². The van der Waals surface area contributed by atoms with Crippen molar-refractivity contribution in [1.82, 2.24) is 20.4 Å². The molecule has 0 saturated carbocycles. The molecule has 1 aromatic carbocycles. The Kier molecular flexibility index (Phi) is 4.03. The minimum Gasteiger partial charge on any atom is -0.338 e. The molecule has 22 heavy (non-hydrogen) atoms. The van der Waals surface area contributed by atoms with Crippen LogP contribution in [0.25, 0.3) is 10.6 Å².